The van der Waals surface area contributed by atoms with Gasteiger partial charge in [0, 0.05) is 35.1 Å². The van der Waals surface area contributed by atoms with Crippen LogP contribution in [0.4, 0.5) is 15.8 Å². The predicted octanol–water partition coefficient (Wildman–Crippen LogP) is 6.48. The summed E-state index contributed by atoms with van der Waals surface area (Å²) in [4.78, 5) is 3.69. The Kier molecular flexibility index (Phi) is 9.64. The summed E-state index contributed by atoms with van der Waals surface area (Å²) in [6, 6.07) is 22.5. The first-order valence-electron chi connectivity index (χ1n) is 11.7. The lowest BCUT2D eigenvalue weighted by atomic mass is 9.88. The van der Waals surface area contributed by atoms with E-state index in [1.165, 1.54) is 16.1 Å². The first-order chi connectivity index (χ1) is 16.0. The second-order valence-electron chi connectivity index (χ2n) is 8.46. The van der Waals surface area contributed by atoms with Gasteiger partial charge in [-0.3, -0.25) is 0 Å². The summed E-state index contributed by atoms with van der Waals surface area (Å²) < 4.78 is 14.6. The quantitative estimate of drug-likeness (QED) is 0.323. The van der Waals surface area contributed by atoms with Gasteiger partial charge in [0.05, 0.1) is 0 Å². The van der Waals surface area contributed by atoms with E-state index in [0.717, 1.165) is 54.9 Å². The molecule has 1 heterocycles. The molecule has 0 aliphatic carbocycles. The molecule has 3 aromatic carbocycles. The number of benzene rings is 3. The van der Waals surface area contributed by atoms with Gasteiger partial charge < -0.3 is 16.0 Å². The van der Waals surface area contributed by atoms with Gasteiger partial charge in [-0.15, -0.1) is 11.8 Å². The second kappa shape index (κ2) is 12.7. The number of nitrogens with zero attached hydrogens (tertiary/aromatic N) is 1. The molecule has 0 amide bonds. The van der Waals surface area contributed by atoms with Crippen LogP contribution in [0.5, 0.6) is 0 Å². The molecule has 1 aliphatic rings. The summed E-state index contributed by atoms with van der Waals surface area (Å²) in [6.45, 7) is 3.99. The highest BCUT2D eigenvalue weighted by molar-refractivity contribution is 7.98. The van der Waals surface area contributed by atoms with Crippen molar-refractivity contribution >= 4 is 23.1 Å². The lowest BCUT2D eigenvalue weighted by Crippen LogP contribution is -2.33. The summed E-state index contributed by atoms with van der Waals surface area (Å²) in [5.74, 6) is 1.20. The molecule has 33 heavy (non-hydrogen) atoms. The minimum Gasteiger partial charge on any atom is -0.399 e. The number of thioether (sulfide) groups is 1. The molecule has 5 heteroatoms. The Balaban J connectivity index is 0.000000968. The summed E-state index contributed by atoms with van der Waals surface area (Å²) in [6.07, 6.45) is 2.85. The fraction of sp³-hybridized carbons (Fsp3) is 0.357. The van der Waals surface area contributed by atoms with Crippen molar-refractivity contribution in [3.05, 3.63) is 89.2 Å². The number of nitrogen functional groups attached to an aromatic ring is 1. The zero-order chi connectivity index (χ0) is 23.6. The van der Waals surface area contributed by atoms with Gasteiger partial charge in [0.15, 0.2) is 0 Å². The fourth-order valence-corrected chi connectivity index (χ4v) is 5.11. The van der Waals surface area contributed by atoms with Crippen molar-refractivity contribution in [1.29, 1.82) is 0 Å². The predicted molar refractivity (Wildman–Crippen MR) is 142 cm³/mol. The van der Waals surface area contributed by atoms with Crippen LogP contribution in [0.1, 0.15) is 42.4 Å². The van der Waals surface area contributed by atoms with Gasteiger partial charge in [-0.1, -0.05) is 37.3 Å². The smallest absolute Gasteiger partial charge is 0.126 e. The molecule has 1 saturated heterocycles. The van der Waals surface area contributed by atoms with Crippen LogP contribution in [0.2, 0.25) is 0 Å². The number of rotatable bonds is 6. The summed E-state index contributed by atoms with van der Waals surface area (Å²) in [5, 5.41) is 2.75. The maximum absolute atomic E-state index is 14.6. The van der Waals surface area contributed by atoms with E-state index in [-0.39, 0.29) is 5.82 Å². The molecule has 0 atom stereocenters. The van der Waals surface area contributed by atoms with Gasteiger partial charge in [-0.25, -0.2) is 4.39 Å². The number of hydrogen-bond acceptors (Lipinski definition) is 4. The third-order valence-electron chi connectivity index (χ3n) is 6.01. The van der Waals surface area contributed by atoms with Crippen LogP contribution in [0.15, 0.2) is 71.6 Å². The third-order valence-corrected chi connectivity index (χ3v) is 7.08. The molecule has 0 aromatic heterocycles. The topological polar surface area (TPSA) is 41.3 Å². The van der Waals surface area contributed by atoms with Crippen molar-refractivity contribution in [1.82, 2.24) is 5.32 Å². The summed E-state index contributed by atoms with van der Waals surface area (Å²) in [5.41, 5.74) is 11.2. The lowest BCUT2D eigenvalue weighted by molar-refractivity contribution is 0.481. The summed E-state index contributed by atoms with van der Waals surface area (Å²) in [7, 11) is 3.75. The second-order valence-corrected chi connectivity index (χ2v) is 9.51. The van der Waals surface area contributed by atoms with Gasteiger partial charge in [0.1, 0.15) is 5.82 Å². The van der Waals surface area contributed by atoms with E-state index in [2.05, 4.69) is 59.6 Å². The van der Waals surface area contributed by atoms with Crippen LogP contribution in [-0.2, 0) is 12.2 Å². The number of para-hydroxylation sites is 1. The monoisotopic (exact) mass is 465 g/mol. The Morgan fingerprint density at radius 2 is 1.67 bits per heavy atom. The Bertz CT molecular complexity index is 998. The van der Waals surface area contributed by atoms with E-state index in [1.54, 1.807) is 6.07 Å². The summed E-state index contributed by atoms with van der Waals surface area (Å²) >= 11 is 1.83. The van der Waals surface area contributed by atoms with Crippen molar-refractivity contribution in [3.63, 3.8) is 0 Å². The van der Waals surface area contributed by atoms with Crippen LogP contribution in [0, 0.1) is 5.82 Å². The SMILES string of the molecule is CCc1ccc(C2CCN(c3ccccc3CSc3ccc(N)cc3)CC2)c(F)c1.CNC. The minimum atomic E-state index is -0.0342. The van der Waals surface area contributed by atoms with E-state index in [1.807, 2.05) is 44.1 Å². The normalized spacial score (nSPS) is 14.0. The van der Waals surface area contributed by atoms with Gasteiger partial charge in [0.2, 0.25) is 0 Å². The molecule has 3 nitrogen and oxygen atoms in total. The van der Waals surface area contributed by atoms with Crippen LogP contribution in [-0.4, -0.2) is 27.2 Å². The molecule has 0 radical (unpaired) electrons. The van der Waals surface area contributed by atoms with Crippen molar-refractivity contribution in [2.75, 3.05) is 37.8 Å². The van der Waals surface area contributed by atoms with Gasteiger partial charge in [-0.05, 0) is 92.4 Å². The molecular weight excluding hydrogens is 429 g/mol. The molecule has 0 saturated carbocycles. The van der Waals surface area contributed by atoms with Crippen molar-refractivity contribution < 1.29 is 4.39 Å². The van der Waals surface area contributed by atoms with Crippen LogP contribution in [0.3, 0.4) is 0 Å². The van der Waals surface area contributed by atoms with Gasteiger partial charge in [0.25, 0.3) is 0 Å². The molecule has 0 unspecified atom stereocenters. The fourth-order valence-electron chi connectivity index (χ4n) is 4.22. The number of anilines is 2. The van der Waals surface area contributed by atoms with Crippen molar-refractivity contribution in [3.8, 4) is 0 Å². The van der Waals surface area contributed by atoms with Crippen molar-refractivity contribution in [2.45, 2.75) is 42.8 Å². The molecule has 1 aliphatic heterocycles. The zero-order valence-electron chi connectivity index (χ0n) is 20.0. The highest BCUT2D eigenvalue weighted by Gasteiger charge is 2.24. The molecule has 3 N–H and O–H groups in total. The zero-order valence-corrected chi connectivity index (χ0v) is 20.8. The van der Waals surface area contributed by atoms with Crippen LogP contribution >= 0.6 is 11.8 Å². The molecule has 1 fully saturated rings. The highest BCUT2D eigenvalue weighted by Crippen LogP contribution is 2.35. The average Bonchev–Trinajstić information content (AvgIpc) is 2.84. The maximum atomic E-state index is 14.6. The Hall–Kier alpha value is -2.50. The number of nitrogens with two attached hydrogens (primary N) is 1. The first-order valence-corrected chi connectivity index (χ1v) is 12.7. The Labute approximate surface area is 202 Å². The van der Waals surface area contributed by atoms with Crippen LogP contribution < -0.4 is 16.0 Å². The van der Waals surface area contributed by atoms with Crippen LogP contribution in [0.25, 0.3) is 0 Å². The number of piperidine rings is 1. The number of hydrogen-bond donors (Lipinski definition) is 2. The Morgan fingerprint density at radius 1 is 1.00 bits per heavy atom. The minimum absolute atomic E-state index is 0.0342. The van der Waals surface area contributed by atoms with Crippen molar-refractivity contribution in [2.24, 2.45) is 0 Å². The molecule has 176 valence electrons. The number of nitrogens with one attached hydrogen (secondary N) is 1. The number of aryl methyl sites for hydroxylation is 1. The average molecular weight is 466 g/mol. The van der Waals surface area contributed by atoms with Gasteiger partial charge in [-0.2, -0.15) is 0 Å². The lowest BCUT2D eigenvalue weighted by Gasteiger charge is -2.35. The molecule has 0 spiro atoms. The molecular formula is C28H36FN3S. The number of halogens is 1. The maximum Gasteiger partial charge on any atom is 0.126 e. The standard InChI is InChI=1S/C26H29FN2S.C2H7N/c1-2-19-7-12-24(25(27)17-19)20-13-15-29(16-14-20)26-6-4-3-5-21(26)18-30-23-10-8-22(28)9-11-23;1-3-2/h3-12,17,20H,2,13-16,18,28H2,1H3;3H,1-2H3. The van der Waals surface area contributed by atoms with E-state index in [9.17, 15) is 4.39 Å². The highest BCUT2D eigenvalue weighted by atomic mass is 32.2. The largest absolute Gasteiger partial charge is 0.399 e. The first kappa shape index (κ1) is 25.1. The molecule has 3 aromatic rings. The van der Waals surface area contributed by atoms with Gasteiger partial charge >= 0.3 is 0 Å². The van der Waals surface area contributed by atoms with E-state index >= 15 is 0 Å². The molecule has 0 bridgehead atoms. The van der Waals surface area contributed by atoms with E-state index in [4.69, 9.17) is 5.73 Å². The third kappa shape index (κ3) is 6.99. The van der Waals surface area contributed by atoms with E-state index < -0.39 is 0 Å². The Morgan fingerprint density at radius 3 is 2.30 bits per heavy atom. The van der Waals surface area contributed by atoms with E-state index in [0.29, 0.717) is 5.92 Å². The molecule has 4 rings (SSSR count).